The molecule has 0 amide bonds. The Morgan fingerprint density at radius 2 is 1.80 bits per heavy atom. The lowest BCUT2D eigenvalue weighted by atomic mass is 10.2. The van der Waals surface area contributed by atoms with Crippen molar-refractivity contribution >= 4 is 40.2 Å². The first-order chi connectivity index (χ1) is 12.0. The molecule has 7 heteroatoms. The second-order valence-corrected chi connectivity index (χ2v) is 6.46. The summed E-state index contributed by atoms with van der Waals surface area (Å²) >= 11 is 11.8. The van der Waals surface area contributed by atoms with Gasteiger partial charge in [-0.1, -0.05) is 41.4 Å². The fraction of sp³-hybridized carbons (Fsp3) is 0.222. The van der Waals surface area contributed by atoms with Crippen molar-refractivity contribution in [3.63, 3.8) is 0 Å². The molecule has 0 spiro atoms. The highest BCUT2D eigenvalue weighted by Gasteiger charge is 2.12. The Hall–Kier alpha value is -2.24. The van der Waals surface area contributed by atoms with Crippen molar-refractivity contribution in [1.29, 1.82) is 0 Å². The smallest absolute Gasteiger partial charge is 0.328 e. The summed E-state index contributed by atoms with van der Waals surface area (Å²) in [5, 5.41) is 0.865. The highest BCUT2D eigenvalue weighted by Crippen LogP contribution is 2.23. The van der Waals surface area contributed by atoms with E-state index in [1.54, 1.807) is 34.4 Å². The standard InChI is InChI=1S/C18H16Cl2N2O3/c1-21-15-4-2-3-5-16(15)22(18(21)24)9-8-17(23)25-11-12-6-7-13(19)14(20)10-12/h2-7,10H,8-9,11H2,1H3. The van der Waals surface area contributed by atoms with Crippen molar-refractivity contribution < 1.29 is 9.53 Å². The predicted molar refractivity (Wildman–Crippen MR) is 98.1 cm³/mol. The normalized spacial score (nSPS) is 11.0. The number of carbonyl (C=O) groups is 1. The molecule has 5 nitrogen and oxygen atoms in total. The molecule has 130 valence electrons. The van der Waals surface area contributed by atoms with E-state index in [4.69, 9.17) is 27.9 Å². The van der Waals surface area contributed by atoms with Crippen LogP contribution in [0.2, 0.25) is 10.0 Å². The second-order valence-electron chi connectivity index (χ2n) is 5.64. The molecule has 0 aliphatic rings. The van der Waals surface area contributed by atoms with E-state index in [1.165, 1.54) is 0 Å². The number of para-hydroxylation sites is 2. The van der Waals surface area contributed by atoms with E-state index in [0.717, 1.165) is 16.6 Å². The van der Waals surface area contributed by atoms with E-state index in [9.17, 15) is 9.59 Å². The van der Waals surface area contributed by atoms with Crippen LogP contribution >= 0.6 is 23.2 Å². The van der Waals surface area contributed by atoms with Crippen LogP contribution in [-0.2, 0) is 29.7 Å². The zero-order valence-corrected chi connectivity index (χ0v) is 15.0. The Morgan fingerprint density at radius 3 is 2.52 bits per heavy atom. The molecule has 0 fully saturated rings. The van der Waals surface area contributed by atoms with Gasteiger partial charge in [0, 0.05) is 13.6 Å². The molecule has 0 saturated carbocycles. The number of halogens is 2. The maximum atomic E-state index is 12.3. The Morgan fingerprint density at radius 1 is 1.08 bits per heavy atom. The third kappa shape index (κ3) is 3.72. The van der Waals surface area contributed by atoms with Crippen LogP contribution in [0.25, 0.3) is 11.0 Å². The number of fused-ring (bicyclic) bond motifs is 1. The fourth-order valence-corrected chi connectivity index (χ4v) is 2.97. The van der Waals surface area contributed by atoms with Crippen LogP contribution in [0.3, 0.4) is 0 Å². The first-order valence-electron chi connectivity index (χ1n) is 7.71. The lowest BCUT2D eigenvalue weighted by Crippen LogP contribution is -2.23. The van der Waals surface area contributed by atoms with Gasteiger partial charge in [-0.3, -0.25) is 13.9 Å². The van der Waals surface area contributed by atoms with Crippen LogP contribution in [0.15, 0.2) is 47.3 Å². The molecule has 2 aromatic carbocycles. The molecule has 3 rings (SSSR count). The quantitative estimate of drug-likeness (QED) is 0.634. The van der Waals surface area contributed by atoms with E-state index in [2.05, 4.69) is 0 Å². The van der Waals surface area contributed by atoms with Gasteiger partial charge in [-0.2, -0.15) is 0 Å². The first-order valence-corrected chi connectivity index (χ1v) is 8.47. The van der Waals surface area contributed by atoms with Crippen LogP contribution in [0, 0.1) is 0 Å². The summed E-state index contributed by atoms with van der Waals surface area (Å²) in [5.41, 5.74) is 2.23. The van der Waals surface area contributed by atoms with Gasteiger partial charge in [0.25, 0.3) is 0 Å². The molecule has 1 aromatic heterocycles. The van der Waals surface area contributed by atoms with Crippen LogP contribution in [0.4, 0.5) is 0 Å². The molecule has 0 saturated heterocycles. The maximum absolute atomic E-state index is 12.3. The van der Waals surface area contributed by atoms with Crippen LogP contribution in [0.1, 0.15) is 12.0 Å². The van der Waals surface area contributed by atoms with E-state index in [-0.39, 0.29) is 31.2 Å². The Bertz CT molecular complexity index is 992. The summed E-state index contributed by atoms with van der Waals surface area (Å²) in [6, 6.07) is 12.5. The molecule has 0 unspecified atom stereocenters. The monoisotopic (exact) mass is 378 g/mol. The van der Waals surface area contributed by atoms with E-state index >= 15 is 0 Å². The van der Waals surface area contributed by atoms with Gasteiger partial charge >= 0.3 is 11.7 Å². The summed E-state index contributed by atoms with van der Waals surface area (Å²) in [4.78, 5) is 24.3. The number of ether oxygens (including phenoxy) is 1. The van der Waals surface area contributed by atoms with Gasteiger partial charge in [-0.05, 0) is 29.8 Å². The number of carbonyl (C=O) groups excluding carboxylic acids is 1. The zero-order valence-electron chi connectivity index (χ0n) is 13.5. The van der Waals surface area contributed by atoms with Crippen LogP contribution in [-0.4, -0.2) is 15.1 Å². The zero-order chi connectivity index (χ0) is 18.0. The van der Waals surface area contributed by atoms with E-state index in [0.29, 0.717) is 10.0 Å². The SMILES string of the molecule is Cn1c(=O)n(CCC(=O)OCc2ccc(Cl)c(Cl)c2)c2ccccc21. The van der Waals surface area contributed by atoms with Crippen molar-refractivity contribution in [2.45, 2.75) is 19.6 Å². The topological polar surface area (TPSA) is 53.2 Å². The molecule has 0 N–H and O–H groups in total. The molecule has 0 aliphatic carbocycles. The summed E-state index contributed by atoms with van der Waals surface area (Å²) in [5.74, 6) is -0.383. The van der Waals surface area contributed by atoms with Crippen molar-refractivity contribution in [2.24, 2.45) is 7.05 Å². The van der Waals surface area contributed by atoms with Crippen LogP contribution < -0.4 is 5.69 Å². The lowest BCUT2D eigenvalue weighted by molar-refractivity contribution is -0.145. The van der Waals surface area contributed by atoms with Crippen molar-refractivity contribution in [3.05, 3.63) is 68.6 Å². The summed E-state index contributed by atoms with van der Waals surface area (Å²) in [6.45, 7) is 0.376. The highest BCUT2D eigenvalue weighted by atomic mass is 35.5. The van der Waals surface area contributed by atoms with Gasteiger partial charge in [-0.25, -0.2) is 4.79 Å². The van der Waals surface area contributed by atoms with Gasteiger partial charge < -0.3 is 4.74 Å². The predicted octanol–water partition coefficient (Wildman–Crippen LogP) is 3.78. The minimum atomic E-state index is -0.383. The number of nitrogens with zero attached hydrogens (tertiary/aromatic N) is 2. The molecular formula is C18H16Cl2N2O3. The third-order valence-electron chi connectivity index (χ3n) is 3.98. The van der Waals surface area contributed by atoms with Crippen molar-refractivity contribution in [3.8, 4) is 0 Å². The molecule has 0 aliphatic heterocycles. The summed E-state index contributed by atoms with van der Waals surface area (Å²) in [6.07, 6.45) is 0.106. The van der Waals surface area contributed by atoms with Crippen molar-refractivity contribution in [1.82, 2.24) is 9.13 Å². The van der Waals surface area contributed by atoms with Gasteiger partial charge in [0.1, 0.15) is 6.61 Å². The second kappa shape index (κ2) is 7.33. The van der Waals surface area contributed by atoms with Gasteiger partial charge in [0.15, 0.2) is 0 Å². The lowest BCUT2D eigenvalue weighted by Gasteiger charge is -2.07. The van der Waals surface area contributed by atoms with Crippen LogP contribution in [0.5, 0.6) is 0 Å². The third-order valence-corrected chi connectivity index (χ3v) is 4.71. The molecule has 0 bridgehead atoms. The number of aromatic nitrogens is 2. The van der Waals surface area contributed by atoms with Gasteiger partial charge in [-0.15, -0.1) is 0 Å². The molecular weight excluding hydrogens is 363 g/mol. The number of benzene rings is 2. The van der Waals surface area contributed by atoms with Gasteiger partial charge in [0.05, 0.1) is 27.5 Å². The molecule has 0 radical (unpaired) electrons. The number of aryl methyl sites for hydroxylation is 2. The minimum absolute atomic E-state index is 0.106. The Kier molecular flexibility index (Phi) is 5.16. The number of esters is 1. The Labute approximate surface area is 154 Å². The average Bonchev–Trinajstić information content (AvgIpc) is 2.85. The van der Waals surface area contributed by atoms with Crippen molar-refractivity contribution in [2.75, 3.05) is 0 Å². The maximum Gasteiger partial charge on any atom is 0.328 e. The summed E-state index contributed by atoms with van der Waals surface area (Å²) in [7, 11) is 1.71. The molecule has 0 atom stereocenters. The molecule has 25 heavy (non-hydrogen) atoms. The highest BCUT2D eigenvalue weighted by molar-refractivity contribution is 6.42. The minimum Gasteiger partial charge on any atom is -0.461 e. The number of rotatable bonds is 5. The van der Waals surface area contributed by atoms with E-state index < -0.39 is 0 Å². The number of hydrogen-bond acceptors (Lipinski definition) is 3. The average molecular weight is 379 g/mol. The fourth-order valence-electron chi connectivity index (χ4n) is 2.65. The number of hydrogen-bond donors (Lipinski definition) is 0. The number of imidazole rings is 1. The largest absolute Gasteiger partial charge is 0.461 e. The first kappa shape index (κ1) is 17.6. The molecule has 1 heterocycles. The Balaban J connectivity index is 1.64. The van der Waals surface area contributed by atoms with E-state index in [1.807, 2.05) is 24.3 Å². The summed E-state index contributed by atoms with van der Waals surface area (Å²) < 4.78 is 8.39. The molecule has 3 aromatic rings. The van der Waals surface area contributed by atoms with Gasteiger partial charge in [0.2, 0.25) is 0 Å².